The zero-order valence-corrected chi connectivity index (χ0v) is 13.5. The van der Waals surface area contributed by atoms with E-state index in [1.807, 2.05) is 6.07 Å². The summed E-state index contributed by atoms with van der Waals surface area (Å²) in [6.45, 7) is 6.57. The second kappa shape index (κ2) is 5.38. The number of hydrogen-bond acceptors (Lipinski definition) is 2. The van der Waals surface area contributed by atoms with E-state index in [1.54, 1.807) is 0 Å². The summed E-state index contributed by atoms with van der Waals surface area (Å²) in [7, 11) is 0. The van der Waals surface area contributed by atoms with E-state index in [1.165, 1.54) is 22.6 Å². The van der Waals surface area contributed by atoms with E-state index < -0.39 is 0 Å². The van der Waals surface area contributed by atoms with Crippen LogP contribution in [0.3, 0.4) is 0 Å². The van der Waals surface area contributed by atoms with Gasteiger partial charge >= 0.3 is 0 Å². The first-order valence-electron chi connectivity index (χ1n) is 8.24. The predicted octanol–water partition coefficient (Wildman–Crippen LogP) is 3.97. The Morgan fingerprint density at radius 1 is 0.955 bits per heavy atom. The van der Waals surface area contributed by atoms with E-state index in [0.29, 0.717) is 5.92 Å². The van der Waals surface area contributed by atoms with Gasteiger partial charge in [0.2, 0.25) is 0 Å². The van der Waals surface area contributed by atoms with E-state index >= 15 is 0 Å². The first kappa shape index (κ1) is 15.0. The highest BCUT2D eigenvalue weighted by Crippen LogP contribution is 2.61. The lowest BCUT2D eigenvalue weighted by atomic mass is 9.68. The summed E-state index contributed by atoms with van der Waals surface area (Å²) in [5, 5.41) is 0. The number of benzene rings is 1. The Morgan fingerprint density at radius 3 is 2.00 bits per heavy atom. The molecule has 116 valence electrons. The number of imide groups is 1. The minimum absolute atomic E-state index is 0.0597. The van der Waals surface area contributed by atoms with E-state index in [9.17, 15) is 9.59 Å². The van der Waals surface area contributed by atoms with Crippen molar-refractivity contribution in [2.75, 3.05) is 0 Å². The smallest absolute Gasteiger partial charge is 0.254 e. The molecule has 22 heavy (non-hydrogen) atoms. The molecule has 0 radical (unpaired) electrons. The second-order valence-electron chi connectivity index (χ2n) is 6.31. The zero-order chi connectivity index (χ0) is 15.9. The molecule has 2 atom stereocenters. The second-order valence-corrected chi connectivity index (χ2v) is 6.31. The van der Waals surface area contributed by atoms with Gasteiger partial charge in [0.25, 0.3) is 11.8 Å². The molecule has 1 aromatic carbocycles. The molecule has 3 heteroatoms. The molecular formula is C19H23NO2. The van der Waals surface area contributed by atoms with Crippen LogP contribution in [-0.4, -0.2) is 16.7 Å². The average molecular weight is 297 g/mol. The number of hydrogen-bond donors (Lipinski definition) is 0. The van der Waals surface area contributed by atoms with E-state index in [4.69, 9.17) is 0 Å². The summed E-state index contributed by atoms with van der Waals surface area (Å²) in [6, 6.07) is 8.19. The lowest BCUT2D eigenvalue weighted by Crippen LogP contribution is -2.43. The lowest BCUT2D eigenvalue weighted by molar-refractivity contribution is -0.143. The van der Waals surface area contributed by atoms with Crippen molar-refractivity contribution < 1.29 is 9.59 Å². The zero-order valence-electron chi connectivity index (χ0n) is 13.5. The Bertz CT molecular complexity index is 625. The van der Waals surface area contributed by atoms with Crippen molar-refractivity contribution in [3.8, 4) is 0 Å². The van der Waals surface area contributed by atoms with Crippen molar-refractivity contribution in [2.45, 2.75) is 52.0 Å². The van der Waals surface area contributed by atoms with Crippen LogP contribution in [0.5, 0.6) is 0 Å². The number of carbonyl (C=O) groups excluding carboxylic acids is 2. The molecule has 3 rings (SSSR count). The summed E-state index contributed by atoms with van der Waals surface area (Å²) in [5.74, 6) is 0.0468. The summed E-state index contributed by atoms with van der Waals surface area (Å²) in [5.41, 5.74) is 2.41. The van der Waals surface area contributed by atoms with E-state index in [0.717, 1.165) is 24.8 Å². The van der Waals surface area contributed by atoms with Crippen molar-refractivity contribution in [3.05, 3.63) is 47.5 Å². The van der Waals surface area contributed by atoms with Crippen molar-refractivity contribution in [3.63, 3.8) is 0 Å². The van der Waals surface area contributed by atoms with Gasteiger partial charge in [-0.25, -0.2) is 0 Å². The maximum absolute atomic E-state index is 12.3. The third-order valence-corrected chi connectivity index (χ3v) is 5.73. The summed E-state index contributed by atoms with van der Waals surface area (Å²) < 4.78 is 0. The predicted molar refractivity (Wildman–Crippen MR) is 86.2 cm³/mol. The summed E-state index contributed by atoms with van der Waals surface area (Å²) in [4.78, 5) is 26.1. The minimum Gasteiger partial charge on any atom is -0.269 e. The maximum Gasteiger partial charge on any atom is 0.254 e. The molecule has 1 aromatic rings. The Morgan fingerprint density at radius 2 is 1.50 bits per heavy atom. The molecule has 1 heterocycles. The van der Waals surface area contributed by atoms with Crippen molar-refractivity contribution in [2.24, 2.45) is 5.41 Å². The van der Waals surface area contributed by atoms with Crippen LogP contribution in [0, 0.1) is 5.41 Å². The van der Waals surface area contributed by atoms with Gasteiger partial charge in [-0.3, -0.25) is 14.5 Å². The molecule has 0 unspecified atom stereocenters. The molecule has 0 fully saturated rings. The molecule has 0 spiro atoms. The first-order valence-corrected chi connectivity index (χ1v) is 8.24. The topological polar surface area (TPSA) is 37.4 Å². The SMILES string of the molecule is CC[C@H]1c2ccccc2[C@@H](N2C(=O)C=CC2=O)C1(CC)CC. The van der Waals surface area contributed by atoms with Gasteiger partial charge in [-0.05, 0) is 36.3 Å². The monoisotopic (exact) mass is 297 g/mol. The quantitative estimate of drug-likeness (QED) is 0.789. The fourth-order valence-corrected chi connectivity index (χ4v) is 4.71. The number of fused-ring (bicyclic) bond motifs is 1. The van der Waals surface area contributed by atoms with Crippen LogP contribution in [-0.2, 0) is 9.59 Å². The van der Waals surface area contributed by atoms with Crippen LogP contribution < -0.4 is 0 Å². The Kier molecular flexibility index (Phi) is 3.67. The van der Waals surface area contributed by atoms with Gasteiger partial charge < -0.3 is 0 Å². The van der Waals surface area contributed by atoms with Crippen LogP contribution >= 0.6 is 0 Å². The van der Waals surface area contributed by atoms with Crippen LogP contribution in [0.2, 0.25) is 0 Å². The molecule has 0 N–H and O–H groups in total. The Hall–Kier alpha value is -1.90. The fourth-order valence-electron chi connectivity index (χ4n) is 4.71. The highest BCUT2D eigenvalue weighted by molar-refractivity contribution is 6.13. The third kappa shape index (κ3) is 1.81. The number of nitrogens with zero attached hydrogens (tertiary/aromatic N) is 1. The molecule has 0 bridgehead atoms. The van der Waals surface area contributed by atoms with Crippen LogP contribution in [0.4, 0.5) is 0 Å². The molecule has 0 saturated carbocycles. The average Bonchev–Trinajstić information content (AvgIpc) is 3.01. The van der Waals surface area contributed by atoms with Crippen molar-refractivity contribution in [1.29, 1.82) is 0 Å². The summed E-state index contributed by atoms with van der Waals surface area (Å²) >= 11 is 0. The number of rotatable bonds is 4. The number of carbonyl (C=O) groups is 2. The third-order valence-electron chi connectivity index (χ3n) is 5.73. The van der Waals surface area contributed by atoms with Gasteiger partial charge in [-0.1, -0.05) is 45.0 Å². The highest BCUT2D eigenvalue weighted by Gasteiger charge is 2.54. The van der Waals surface area contributed by atoms with Crippen molar-refractivity contribution in [1.82, 2.24) is 4.90 Å². The first-order chi connectivity index (χ1) is 10.6. The standard InChI is InChI=1S/C19H23NO2/c1-4-15-13-9-7-8-10-14(13)18(19(15,5-2)6-3)20-16(21)11-12-17(20)22/h7-12,15,18H,4-6H2,1-3H3/t15-,18+/m0/s1. The maximum atomic E-state index is 12.3. The molecule has 1 aliphatic heterocycles. The largest absolute Gasteiger partial charge is 0.269 e. The van der Waals surface area contributed by atoms with Gasteiger partial charge in [-0.15, -0.1) is 0 Å². The van der Waals surface area contributed by atoms with Gasteiger partial charge in [0.15, 0.2) is 0 Å². The van der Waals surface area contributed by atoms with E-state index in [2.05, 4.69) is 39.0 Å². The Balaban J connectivity index is 2.20. The lowest BCUT2D eigenvalue weighted by Gasteiger charge is -2.42. The van der Waals surface area contributed by atoms with Crippen LogP contribution in [0.15, 0.2) is 36.4 Å². The number of amides is 2. The molecular weight excluding hydrogens is 274 g/mol. The van der Waals surface area contributed by atoms with Crippen LogP contribution in [0.25, 0.3) is 0 Å². The van der Waals surface area contributed by atoms with Gasteiger partial charge in [0.05, 0.1) is 6.04 Å². The van der Waals surface area contributed by atoms with Crippen molar-refractivity contribution >= 4 is 11.8 Å². The van der Waals surface area contributed by atoms with Gasteiger partial charge in [-0.2, -0.15) is 0 Å². The van der Waals surface area contributed by atoms with E-state index in [-0.39, 0.29) is 23.3 Å². The van der Waals surface area contributed by atoms with Gasteiger partial charge in [0, 0.05) is 17.6 Å². The molecule has 0 saturated heterocycles. The molecule has 1 aliphatic carbocycles. The molecule has 3 nitrogen and oxygen atoms in total. The van der Waals surface area contributed by atoms with Gasteiger partial charge in [0.1, 0.15) is 0 Å². The molecule has 0 aromatic heterocycles. The molecule has 2 aliphatic rings. The highest BCUT2D eigenvalue weighted by atomic mass is 16.2. The normalized spacial score (nSPS) is 25.9. The minimum atomic E-state index is -0.173. The summed E-state index contributed by atoms with van der Waals surface area (Å²) in [6.07, 6.45) is 5.75. The Labute approximate surface area is 132 Å². The van der Waals surface area contributed by atoms with Crippen LogP contribution in [0.1, 0.15) is 63.1 Å². The fraction of sp³-hybridized carbons (Fsp3) is 0.474. The molecule has 2 amide bonds.